The highest BCUT2D eigenvalue weighted by Gasteiger charge is 2.17. The first-order valence-corrected chi connectivity index (χ1v) is 7.11. The van der Waals surface area contributed by atoms with E-state index in [1.807, 2.05) is 25.3 Å². The molecular weight excluding hydrogens is 290 g/mol. The fourth-order valence-corrected chi connectivity index (χ4v) is 2.48. The van der Waals surface area contributed by atoms with Crippen molar-refractivity contribution in [1.82, 2.24) is 24.5 Å². The minimum Gasteiger partial charge on any atom is -0.383 e. The number of hydrogen-bond acceptors (Lipinski definition) is 5. The molecule has 0 atom stereocenters. The number of aromatic nitrogens is 5. The number of hydrogen-bond donors (Lipinski definition) is 1. The lowest BCUT2D eigenvalue weighted by molar-refractivity contribution is 0.181. The molecule has 0 bridgehead atoms. The molecule has 0 saturated heterocycles. The molecule has 0 fully saturated rings. The van der Waals surface area contributed by atoms with E-state index in [1.165, 1.54) is 4.68 Å². The molecule has 114 valence electrons. The summed E-state index contributed by atoms with van der Waals surface area (Å²) >= 11 is 5.23. The summed E-state index contributed by atoms with van der Waals surface area (Å²) < 4.78 is 8.73. The zero-order valence-corrected chi connectivity index (χ0v) is 13.4. The predicted octanol–water partition coefficient (Wildman–Crippen LogP) is 1.70. The molecule has 0 aliphatic rings. The number of H-pyrrole nitrogens is 1. The highest BCUT2D eigenvalue weighted by atomic mass is 32.1. The molecule has 0 aliphatic heterocycles. The minimum atomic E-state index is -0.200. The molecule has 0 unspecified atom stereocenters. The lowest BCUT2D eigenvalue weighted by Gasteiger charge is -2.12. The van der Waals surface area contributed by atoms with Gasteiger partial charge in [0.05, 0.1) is 24.4 Å². The largest absolute Gasteiger partial charge is 0.383 e. The maximum atomic E-state index is 12.6. The second-order valence-electron chi connectivity index (χ2n) is 5.04. The molecule has 2 heterocycles. The summed E-state index contributed by atoms with van der Waals surface area (Å²) in [6.07, 6.45) is 0. The Morgan fingerprint density at radius 2 is 2.19 bits per heavy atom. The van der Waals surface area contributed by atoms with Gasteiger partial charge in [0.15, 0.2) is 10.6 Å². The average molecular weight is 309 g/mol. The fraction of sp³-hybridized carbons (Fsp3) is 0.538. The van der Waals surface area contributed by atoms with Gasteiger partial charge in [-0.05, 0) is 39.1 Å². The molecule has 7 nitrogen and oxygen atoms in total. The first-order chi connectivity index (χ1) is 9.95. The number of methoxy groups -OCH3 is 1. The topological polar surface area (TPSA) is 77.7 Å². The van der Waals surface area contributed by atoms with Crippen molar-refractivity contribution in [1.29, 1.82) is 0 Å². The van der Waals surface area contributed by atoms with Gasteiger partial charge in [0.1, 0.15) is 0 Å². The molecule has 0 radical (unpaired) electrons. The Morgan fingerprint density at radius 1 is 1.48 bits per heavy atom. The SMILES string of the molecule is COCCn1nc(C)cc(-c2n[nH]c(=S)n2C(C)C)c1=O. The summed E-state index contributed by atoms with van der Waals surface area (Å²) in [7, 11) is 1.59. The molecule has 0 saturated carbocycles. The summed E-state index contributed by atoms with van der Waals surface area (Å²) in [6, 6.07) is 1.83. The van der Waals surface area contributed by atoms with Gasteiger partial charge in [0, 0.05) is 13.2 Å². The number of aryl methyl sites for hydroxylation is 1. The third-order valence-electron chi connectivity index (χ3n) is 3.07. The highest BCUT2D eigenvalue weighted by Crippen LogP contribution is 2.18. The first-order valence-electron chi connectivity index (χ1n) is 6.70. The molecule has 0 aliphatic carbocycles. The summed E-state index contributed by atoms with van der Waals surface area (Å²) in [6.45, 7) is 6.65. The highest BCUT2D eigenvalue weighted by molar-refractivity contribution is 7.71. The number of nitrogens with one attached hydrogen (secondary N) is 1. The summed E-state index contributed by atoms with van der Waals surface area (Å²) in [5, 5.41) is 11.2. The Kier molecular flexibility index (Phi) is 4.69. The van der Waals surface area contributed by atoms with Gasteiger partial charge in [0.25, 0.3) is 5.56 Å². The van der Waals surface area contributed by atoms with E-state index in [4.69, 9.17) is 17.0 Å². The maximum absolute atomic E-state index is 12.6. The predicted molar refractivity (Wildman–Crippen MR) is 81.9 cm³/mol. The van der Waals surface area contributed by atoms with Gasteiger partial charge in [-0.2, -0.15) is 10.2 Å². The quantitative estimate of drug-likeness (QED) is 0.851. The van der Waals surface area contributed by atoms with Gasteiger partial charge < -0.3 is 4.74 Å². The van der Waals surface area contributed by atoms with Crippen LogP contribution in [0.4, 0.5) is 0 Å². The lowest BCUT2D eigenvalue weighted by atomic mass is 10.2. The van der Waals surface area contributed by atoms with E-state index in [9.17, 15) is 4.79 Å². The van der Waals surface area contributed by atoms with Crippen LogP contribution in [0.5, 0.6) is 0 Å². The molecule has 2 rings (SSSR count). The van der Waals surface area contributed by atoms with Crippen molar-refractivity contribution in [2.24, 2.45) is 0 Å². The number of rotatable bonds is 5. The van der Waals surface area contributed by atoms with Crippen LogP contribution >= 0.6 is 12.2 Å². The average Bonchev–Trinajstić information content (AvgIpc) is 2.81. The van der Waals surface area contributed by atoms with Crippen molar-refractivity contribution in [3.63, 3.8) is 0 Å². The van der Waals surface area contributed by atoms with Gasteiger partial charge in [0.2, 0.25) is 0 Å². The third-order valence-corrected chi connectivity index (χ3v) is 3.35. The van der Waals surface area contributed by atoms with Crippen molar-refractivity contribution in [3.05, 3.63) is 26.9 Å². The van der Waals surface area contributed by atoms with Crippen LogP contribution in [0, 0.1) is 11.7 Å². The van der Waals surface area contributed by atoms with Gasteiger partial charge in [-0.3, -0.25) is 14.5 Å². The van der Waals surface area contributed by atoms with E-state index < -0.39 is 0 Å². The Hall–Kier alpha value is -1.80. The van der Waals surface area contributed by atoms with Crippen LogP contribution in [0.15, 0.2) is 10.9 Å². The number of aromatic amines is 1. The number of ether oxygens (including phenoxy) is 1. The van der Waals surface area contributed by atoms with E-state index in [0.717, 1.165) is 5.69 Å². The van der Waals surface area contributed by atoms with Crippen LogP contribution < -0.4 is 5.56 Å². The summed E-state index contributed by atoms with van der Waals surface area (Å²) in [4.78, 5) is 12.6. The van der Waals surface area contributed by atoms with Crippen molar-refractivity contribution in [2.45, 2.75) is 33.4 Å². The summed E-state index contributed by atoms with van der Waals surface area (Å²) in [5.41, 5.74) is 1.03. The van der Waals surface area contributed by atoms with E-state index in [-0.39, 0.29) is 11.6 Å². The molecular formula is C13H19N5O2S. The second kappa shape index (κ2) is 6.31. The van der Waals surface area contributed by atoms with Gasteiger partial charge >= 0.3 is 0 Å². The van der Waals surface area contributed by atoms with Crippen LogP contribution in [0.2, 0.25) is 0 Å². The van der Waals surface area contributed by atoms with E-state index in [0.29, 0.717) is 29.3 Å². The molecule has 0 amide bonds. The molecule has 2 aromatic rings. The smallest absolute Gasteiger partial charge is 0.277 e. The van der Waals surface area contributed by atoms with Crippen LogP contribution in [0.3, 0.4) is 0 Å². The molecule has 0 aromatic carbocycles. The maximum Gasteiger partial charge on any atom is 0.277 e. The minimum absolute atomic E-state index is 0.103. The standard InChI is InChI=1S/C13H19N5O2S/c1-8(2)18-11(14-15-13(18)21)10-7-9(3)16-17(12(10)19)5-6-20-4/h7-8H,5-6H2,1-4H3,(H,15,21). The van der Waals surface area contributed by atoms with Crippen molar-refractivity contribution in [2.75, 3.05) is 13.7 Å². The zero-order chi connectivity index (χ0) is 15.6. The van der Waals surface area contributed by atoms with Crippen LogP contribution in [0.1, 0.15) is 25.6 Å². The van der Waals surface area contributed by atoms with Gasteiger partial charge in [-0.25, -0.2) is 4.68 Å². The fourth-order valence-electron chi connectivity index (χ4n) is 2.14. The second-order valence-corrected chi connectivity index (χ2v) is 5.42. The van der Waals surface area contributed by atoms with Gasteiger partial charge in [-0.1, -0.05) is 0 Å². The van der Waals surface area contributed by atoms with Crippen molar-refractivity contribution in [3.8, 4) is 11.4 Å². The molecule has 0 spiro atoms. The third kappa shape index (κ3) is 3.11. The van der Waals surface area contributed by atoms with Crippen LogP contribution in [-0.2, 0) is 11.3 Å². The normalized spacial score (nSPS) is 11.3. The lowest BCUT2D eigenvalue weighted by Crippen LogP contribution is -2.27. The van der Waals surface area contributed by atoms with E-state index >= 15 is 0 Å². The molecule has 8 heteroatoms. The molecule has 1 N–H and O–H groups in total. The molecule has 21 heavy (non-hydrogen) atoms. The Balaban J connectivity index is 2.62. The van der Waals surface area contributed by atoms with Crippen molar-refractivity contribution >= 4 is 12.2 Å². The van der Waals surface area contributed by atoms with Crippen LogP contribution in [0.25, 0.3) is 11.4 Å². The monoisotopic (exact) mass is 309 g/mol. The first kappa shape index (κ1) is 15.6. The Labute approximate surface area is 127 Å². The van der Waals surface area contributed by atoms with E-state index in [1.54, 1.807) is 13.2 Å². The molecule has 2 aromatic heterocycles. The zero-order valence-electron chi connectivity index (χ0n) is 12.6. The summed E-state index contributed by atoms with van der Waals surface area (Å²) in [5.74, 6) is 0.539. The van der Waals surface area contributed by atoms with Crippen LogP contribution in [-0.4, -0.2) is 38.3 Å². The Bertz CT molecular complexity index is 744. The Morgan fingerprint density at radius 3 is 2.81 bits per heavy atom. The van der Waals surface area contributed by atoms with E-state index in [2.05, 4.69) is 15.3 Å². The number of nitrogens with zero attached hydrogens (tertiary/aromatic N) is 4. The van der Waals surface area contributed by atoms with Gasteiger partial charge in [-0.15, -0.1) is 0 Å². The van der Waals surface area contributed by atoms with Crippen molar-refractivity contribution < 1.29 is 4.74 Å².